The van der Waals surface area contributed by atoms with Gasteiger partial charge in [-0.05, 0) is 45.1 Å². The SMILES string of the molecule is Cc1nc(-c2csc(S(=O)(=O)NC3CCCCCCC3)c2)sc1C(=O)N1CCCCC1. The Morgan fingerprint density at radius 3 is 2.42 bits per heavy atom. The van der Waals surface area contributed by atoms with Gasteiger partial charge >= 0.3 is 0 Å². The highest BCUT2D eigenvalue weighted by atomic mass is 32.2. The van der Waals surface area contributed by atoms with Crippen LogP contribution in [-0.2, 0) is 10.0 Å². The fraction of sp³-hybridized carbons (Fsp3) is 0.636. The lowest BCUT2D eigenvalue weighted by Crippen LogP contribution is -2.35. The van der Waals surface area contributed by atoms with Gasteiger partial charge in [-0.25, -0.2) is 18.1 Å². The van der Waals surface area contributed by atoms with Crippen LogP contribution in [0.1, 0.15) is 79.6 Å². The number of carbonyl (C=O) groups is 1. The van der Waals surface area contributed by atoms with E-state index >= 15 is 0 Å². The predicted octanol–water partition coefficient (Wildman–Crippen LogP) is 5.20. The van der Waals surface area contributed by atoms with Crippen LogP contribution in [0.3, 0.4) is 0 Å². The Hall–Kier alpha value is -1.29. The van der Waals surface area contributed by atoms with Crippen molar-refractivity contribution in [3.05, 3.63) is 22.0 Å². The van der Waals surface area contributed by atoms with Crippen LogP contribution in [-0.4, -0.2) is 43.3 Å². The number of sulfonamides is 1. The van der Waals surface area contributed by atoms with E-state index in [0.29, 0.717) is 14.1 Å². The summed E-state index contributed by atoms with van der Waals surface area (Å²) >= 11 is 2.59. The molecule has 1 saturated carbocycles. The Morgan fingerprint density at radius 1 is 1.06 bits per heavy atom. The number of nitrogens with zero attached hydrogens (tertiary/aromatic N) is 2. The van der Waals surface area contributed by atoms with Gasteiger partial charge in [0.25, 0.3) is 5.91 Å². The molecule has 9 heteroatoms. The van der Waals surface area contributed by atoms with E-state index in [1.54, 1.807) is 6.07 Å². The third kappa shape index (κ3) is 5.56. The van der Waals surface area contributed by atoms with Crippen molar-refractivity contribution in [3.63, 3.8) is 0 Å². The second-order valence-corrected chi connectivity index (χ2v) is 12.5. The van der Waals surface area contributed by atoms with Gasteiger partial charge in [0, 0.05) is 30.1 Å². The minimum atomic E-state index is -3.54. The van der Waals surface area contributed by atoms with Gasteiger partial charge in [0.1, 0.15) is 14.1 Å². The normalized spacial score (nSPS) is 19.2. The lowest BCUT2D eigenvalue weighted by molar-refractivity contribution is 0.0728. The summed E-state index contributed by atoms with van der Waals surface area (Å²) < 4.78 is 29.2. The molecule has 0 unspecified atom stereocenters. The quantitative estimate of drug-likeness (QED) is 0.637. The Kier molecular flexibility index (Phi) is 7.46. The van der Waals surface area contributed by atoms with Crippen LogP contribution in [0.2, 0.25) is 0 Å². The minimum absolute atomic E-state index is 0.0201. The molecule has 1 saturated heterocycles. The summed E-state index contributed by atoms with van der Waals surface area (Å²) in [7, 11) is -3.54. The van der Waals surface area contributed by atoms with E-state index in [9.17, 15) is 13.2 Å². The number of hydrogen-bond donors (Lipinski definition) is 1. The number of thiophene rings is 1. The number of thiazole rings is 1. The average molecular weight is 482 g/mol. The summed E-state index contributed by atoms with van der Waals surface area (Å²) in [5.41, 5.74) is 1.49. The van der Waals surface area contributed by atoms with Crippen molar-refractivity contribution in [1.29, 1.82) is 0 Å². The highest BCUT2D eigenvalue weighted by Gasteiger charge is 2.26. The van der Waals surface area contributed by atoms with Crippen LogP contribution in [0, 0.1) is 6.92 Å². The highest BCUT2D eigenvalue weighted by Crippen LogP contribution is 2.34. The molecule has 170 valence electrons. The van der Waals surface area contributed by atoms with Crippen molar-refractivity contribution in [2.24, 2.45) is 0 Å². The van der Waals surface area contributed by atoms with Gasteiger partial charge in [-0.15, -0.1) is 22.7 Å². The second-order valence-electron chi connectivity index (χ2n) is 8.60. The number of piperidine rings is 1. The monoisotopic (exact) mass is 481 g/mol. The van der Waals surface area contributed by atoms with Gasteiger partial charge in [0.05, 0.1) is 5.69 Å². The Balaban J connectivity index is 1.48. The van der Waals surface area contributed by atoms with E-state index in [2.05, 4.69) is 9.71 Å². The molecule has 1 aliphatic carbocycles. The molecule has 0 aromatic carbocycles. The molecule has 1 amide bonds. The topological polar surface area (TPSA) is 79.4 Å². The number of aryl methyl sites for hydroxylation is 1. The van der Waals surface area contributed by atoms with Crippen molar-refractivity contribution in [1.82, 2.24) is 14.6 Å². The first-order chi connectivity index (χ1) is 14.9. The molecule has 0 bridgehead atoms. The number of likely N-dealkylation sites (tertiary alicyclic amines) is 1. The van der Waals surface area contributed by atoms with Gasteiger partial charge in [0.2, 0.25) is 10.0 Å². The smallest absolute Gasteiger partial charge is 0.265 e. The first-order valence-corrected chi connectivity index (χ1v) is 14.5. The molecule has 0 atom stereocenters. The Morgan fingerprint density at radius 2 is 1.71 bits per heavy atom. The summed E-state index contributed by atoms with van der Waals surface area (Å²) in [6.07, 6.45) is 10.9. The first-order valence-electron chi connectivity index (χ1n) is 11.3. The maximum Gasteiger partial charge on any atom is 0.265 e. The van der Waals surface area contributed by atoms with Crippen molar-refractivity contribution in [2.75, 3.05) is 13.1 Å². The highest BCUT2D eigenvalue weighted by molar-refractivity contribution is 7.91. The van der Waals surface area contributed by atoms with Gasteiger partial charge < -0.3 is 4.90 Å². The molecular weight excluding hydrogens is 450 g/mol. The zero-order valence-corrected chi connectivity index (χ0v) is 20.5. The fourth-order valence-electron chi connectivity index (χ4n) is 4.38. The van der Waals surface area contributed by atoms with Gasteiger partial charge in [-0.1, -0.05) is 32.1 Å². The summed E-state index contributed by atoms with van der Waals surface area (Å²) in [6.45, 7) is 3.47. The zero-order chi connectivity index (χ0) is 21.8. The molecule has 6 nitrogen and oxygen atoms in total. The number of rotatable bonds is 5. The van der Waals surface area contributed by atoms with Crippen LogP contribution >= 0.6 is 22.7 Å². The molecule has 1 N–H and O–H groups in total. The predicted molar refractivity (Wildman–Crippen MR) is 126 cm³/mol. The second kappa shape index (κ2) is 10.1. The standard InChI is InChI=1S/C22H31N3O3S3/c1-16-20(22(26)25-12-8-5-9-13-25)30-21(23-16)17-14-19(29-15-17)31(27,28)24-18-10-6-3-2-4-7-11-18/h14-15,18,24H,2-13H2,1H3. The van der Waals surface area contributed by atoms with E-state index in [-0.39, 0.29) is 11.9 Å². The number of amides is 1. The van der Waals surface area contributed by atoms with E-state index in [4.69, 9.17) is 0 Å². The molecule has 4 rings (SSSR count). The van der Waals surface area contributed by atoms with Gasteiger partial charge in [-0.3, -0.25) is 4.79 Å². The molecule has 2 aromatic rings. The van der Waals surface area contributed by atoms with Crippen LogP contribution in [0.25, 0.3) is 10.6 Å². The third-order valence-corrected chi connectivity index (χ3v) is 10.3. The number of carbonyl (C=O) groups excluding carboxylic acids is 1. The van der Waals surface area contributed by atoms with Crippen molar-refractivity contribution >= 4 is 38.6 Å². The van der Waals surface area contributed by atoms with Crippen LogP contribution in [0.4, 0.5) is 0 Å². The Bertz CT molecular complexity index is 998. The molecular formula is C22H31N3O3S3. The number of nitrogens with one attached hydrogen (secondary N) is 1. The van der Waals surface area contributed by atoms with E-state index in [1.807, 2.05) is 17.2 Å². The van der Waals surface area contributed by atoms with E-state index in [1.165, 1.54) is 48.4 Å². The van der Waals surface area contributed by atoms with Crippen molar-refractivity contribution < 1.29 is 13.2 Å². The first kappa shape index (κ1) is 22.9. The lowest BCUT2D eigenvalue weighted by atomic mass is 9.97. The van der Waals surface area contributed by atoms with Crippen molar-refractivity contribution in [2.45, 2.75) is 81.4 Å². The lowest BCUT2D eigenvalue weighted by Gasteiger charge is -2.26. The Labute approximate surface area is 193 Å². The fourth-order valence-corrected chi connectivity index (χ4v) is 7.96. The molecule has 31 heavy (non-hydrogen) atoms. The molecule has 0 radical (unpaired) electrons. The molecule has 0 spiro atoms. The third-order valence-electron chi connectivity index (χ3n) is 6.15. The molecule has 1 aliphatic heterocycles. The average Bonchev–Trinajstić information content (AvgIpc) is 3.37. The molecule has 2 aliphatic rings. The molecule has 2 aromatic heterocycles. The molecule has 2 fully saturated rings. The maximum absolute atomic E-state index is 13.0. The summed E-state index contributed by atoms with van der Waals surface area (Å²) in [6, 6.07) is 1.72. The molecule has 3 heterocycles. The minimum Gasteiger partial charge on any atom is -0.338 e. The largest absolute Gasteiger partial charge is 0.338 e. The van der Waals surface area contributed by atoms with Gasteiger partial charge in [0.15, 0.2) is 0 Å². The summed E-state index contributed by atoms with van der Waals surface area (Å²) in [4.78, 5) is 20.1. The van der Waals surface area contributed by atoms with Crippen LogP contribution < -0.4 is 4.72 Å². The van der Waals surface area contributed by atoms with Crippen molar-refractivity contribution in [3.8, 4) is 10.6 Å². The van der Waals surface area contributed by atoms with Crippen LogP contribution in [0.15, 0.2) is 15.7 Å². The van der Waals surface area contributed by atoms with E-state index in [0.717, 1.165) is 62.9 Å². The number of hydrogen-bond acceptors (Lipinski definition) is 6. The number of aromatic nitrogens is 1. The maximum atomic E-state index is 13.0. The van der Waals surface area contributed by atoms with Crippen LogP contribution in [0.5, 0.6) is 0 Å². The summed E-state index contributed by atoms with van der Waals surface area (Å²) in [5.74, 6) is 0.0509. The zero-order valence-electron chi connectivity index (χ0n) is 18.1. The summed E-state index contributed by atoms with van der Waals surface area (Å²) in [5, 5.41) is 2.54. The van der Waals surface area contributed by atoms with E-state index < -0.39 is 10.0 Å². The van der Waals surface area contributed by atoms with Gasteiger partial charge in [-0.2, -0.15) is 0 Å².